The number of ether oxygens (including phenoxy) is 2. The summed E-state index contributed by atoms with van der Waals surface area (Å²) in [6.07, 6.45) is 2.02. The second kappa shape index (κ2) is 4.35. The summed E-state index contributed by atoms with van der Waals surface area (Å²) in [5, 5.41) is 3.55. The van der Waals surface area contributed by atoms with Crippen molar-refractivity contribution in [2.75, 3.05) is 13.7 Å². The molecule has 3 heterocycles. The Morgan fingerprint density at radius 1 is 1.26 bits per heavy atom. The Bertz CT molecular complexity index is 379. The third kappa shape index (κ3) is 2.13. The lowest BCUT2D eigenvalue weighted by Crippen LogP contribution is -2.56. The first-order valence-corrected chi connectivity index (χ1v) is 7.18. The molecule has 3 fully saturated rings. The topological polar surface area (TPSA) is 50.8 Å². The summed E-state index contributed by atoms with van der Waals surface area (Å²) < 4.78 is 11.2. The van der Waals surface area contributed by atoms with Crippen molar-refractivity contribution in [3.63, 3.8) is 0 Å². The van der Waals surface area contributed by atoms with Gasteiger partial charge < -0.3 is 14.8 Å². The van der Waals surface area contributed by atoms with Crippen molar-refractivity contribution in [1.29, 1.82) is 0 Å². The molecular weight excluding hydrogens is 244 g/mol. The summed E-state index contributed by atoms with van der Waals surface area (Å²) in [5.74, 6) is 0.671. The number of methoxy groups -OCH3 is 1. The zero-order chi connectivity index (χ0) is 13.8. The zero-order valence-corrected chi connectivity index (χ0v) is 12.2. The maximum Gasteiger partial charge on any atom is 0.410 e. The molecule has 0 radical (unpaired) electrons. The highest BCUT2D eigenvalue weighted by Crippen LogP contribution is 2.43. The number of hydrogen-bond donors (Lipinski definition) is 1. The molecule has 5 heteroatoms. The molecule has 5 atom stereocenters. The minimum atomic E-state index is -0.441. The molecule has 0 aliphatic carbocycles. The van der Waals surface area contributed by atoms with Gasteiger partial charge in [-0.25, -0.2) is 4.79 Å². The molecule has 3 rings (SSSR count). The lowest BCUT2D eigenvalue weighted by atomic mass is 9.88. The third-order valence-electron chi connectivity index (χ3n) is 4.53. The van der Waals surface area contributed by atoms with Gasteiger partial charge in [-0.15, -0.1) is 0 Å². The minimum Gasteiger partial charge on any atom is -0.444 e. The summed E-state index contributed by atoms with van der Waals surface area (Å²) >= 11 is 0. The molecule has 19 heavy (non-hydrogen) atoms. The maximum absolute atomic E-state index is 12.4. The van der Waals surface area contributed by atoms with Crippen LogP contribution in [-0.2, 0) is 9.47 Å². The van der Waals surface area contributed by atoms with E-state index in [1.54, 1.807) is 7.11 Å². The lowest BCUT2D eigenvalue weighted by Gasteiger charge is -2.42. The van der Waals surface area contributed by atoms with Gasteiger partial charge in [0.05, 0.1) is 24.2 Å². The predicted octanol–water partition coefficient (Wildman–Crippen LogP) is 1.37. The highest BCUT2D eigenvalue weighted by atomic mass is 16.6. The second-order valence-electron chi connectivity index (χ2n) is 6.99. The van der Waals surface area contributed by atoms with Crippen LogP contribution in [0.3, 0.4) is 0 Å². The van der Waals surface area contributed by atoms with Crippen LogP contribution in [0.4, 0.5) is 4.79 Å². The molecule has 3 bridgehead atoms. The van der Waals surface area contributed by atoms with Crippen LogP contribution in [0.2, 0.25) is 0 Å². The van der Waals surface area contributed by atoms with Gasteiger partial charge in [-0.2, -0.15) is 0 Å². The van der Waals surface area contributed by atoms with E-state index in [2.05, 4.69) is 5.32 Å². The van der Waals surface area contributed by atoms with Gasteiger partial charge in [0.2, 0.25) is 0 Å². The van der Waals surface area contributed by atoms with Crippen molar-refractivity contribution < 1.29 is 14.3 Å². The Kier molecular flexibility index (Phi) is 3.02. The summed E-state index contributed by atoms with van der Waals surface area (Å²) in [6, 6.07) is 0.669. The minimum absolute atomic E-state index is 0.102. The van der Waals surface area contributed by atoms with E-state index in [9.17, 15) is 4.79 Å². The molecule has 3 aliphatic heterocycles. The van der Waals surface area contributed by atoms with Crippen molar-refractivity contribution >= 4 is 6.09 Å². The van der Waals surface area contributed by atoms with Crippen LogP contribution in [0.25, 0.3) is 0 Å². The van der Waals surface area contributed by atoms with Crippen molar-refractivity contribution in [2.24, 2.45) is 5.92 Å². The number of nitrogens with zero attached hydrogens (tertiary/aromatic N) is 1. The molecule has 0 saturated carbocycles. The predicted molar refractivity (Wildman–Crippen MR) is 71.0 cm³/mol. The van der Waals surface area contributed by atoms with Gasteiger partial charge in [-0.1, -0.05) is 0 Å². The molecular formula is C14H24N2O3. The highest BCUT2D eigenvalue weighted by molar-refractivity contribution is 5.70. The fourth-order valence-electron chi connectivity index (χ4n) is 3.93. The van der Waals surface area contributed by atoms with E-state index >= 15 is 0 Å². The summed E-state index contributed by atoms with van der Waals surface area (Å²) in [5.41, 5.74) is -0.441. The average molecular weight is 268 g/mol. The van der Waals surface area contributed by atoms with Crippen molar-refractivity contribution in [3.8, 4) is 0 Å². The van der Waals surface area contributed by atoms with Crippen LogP contribution in [0.15, 0.2) is 0 Å². The van der Waals surface area contributed by atoms with E-state index in [1.165, 1.54) is 0 Å². The van der Waals surface area contributed by atoms with E-state index < -0.39 is 5.60 Å². The zero-order valence-electron chi connectivity index (χ0n) is 12.2. The van der Waals surface area contributed by atoms with Crippen LogP contribution in [0, 0.1) is 5.92 Å². The van der Waals surface area contributed by atoms with Crippen LogP contribution in [0.5, 0.6) is 0 Å². The molecule has 1 N–H and O–H groups in total. The number of hydrogen-bond acceptors (Lipinski definition) is 4. The van der Waals surface area contributed by atoms with Gasteiger partial charge in [0, 0.05) is 7.11 Å². The van der Waals surface area contributed by atoms with Gasteiger partial charge in [0.25, 0.3) is 0 Å². The van der Waals surface area contributed by atoms with Gasteiger partial charge in [-0.05, 0) is 46.1 Å². The van der Waals surface area contributed by atoms with Crippen molar-refractivity contribution in [3.05, 3.63) is 0 Å². The smallest absolute Gasteiger partial charge is 0.410 e. The maximum atomic E-state index is 12.4. The number of carbonyl (C=O) groups excluding carboxylic acids is 1. The molecule has 1 amide bonds. The first-order valence-electron chi connectivity index (χ1n) is 7.18. The second-order valence-corrected chi connectivity index (χ2v) is 6.99. The SMILES string of the molecule is COC1C2NCC3CC2N(C(=O)OC(C)(C)C)C1C3. The Labute approximate surface area is 114 Å². The number of carbonyl (C=O) groups is 1. The molecule has 5 unspecified atom stereocenters. The van der Waals surface area contributed by atoms with Gasteiger partial charge in [-0.3, -0.25) is 4.90 Å². The molecule has 0 spiro atoms. The Balaban J connectivity index is 1.82. The van der Waals surface area contributed by atoms with Gasteiger partial charge in [0.1, 0.15) is 5.60 Å². The monoisotopic (exact) mass is 268 g/mol. The van der Waals surface area contributed by atoms with Gasteiger partial charge >= 0.3 is 6.09 Å². The Morgan fingerprint density at radius 2 is 1.95 bits per heavy atom. The summed E-state index contributed by atoms with van der Waals surface area (Å²) in [6.45, 7) is 6.79. The fourth-order valence-corrected chi connectivity index (χ4v) is 3.93. The van der Waals surface area contributed by atoms with Crippen LogP contribution in [-0.4, -0.2) is 54.5 Å². The third-order valence-corrected chi connectivity index (χ3v) is 4.53. The molecule has 0 aromatic heterocycles. The summed E-state index contributed by atoms with van der Waals surface area (Å²) in [7, 11) is 1.74. The first kappa shape index (κ1) is 13.2. The van der Waals surface area contributed by atoms with E-state index in [0.29, 0.717) is 5.92 Å². The molecule has 3 aliphatic rings. The van der Waals surface area contributed by atoms with Crippen LogP contribution in [0.1, 0.15) is 33.6 Å². The standard InChI is InChI=1S/C14H24N2O3/c1-14(2,3)19-13(17)16-9-5-8-6-10(16)12(18-4)11(9)15-7-8/h8-12,15H,5-7H2,1-4H3. The molecule has 3 saturated heterocycles. The molecule has 0 aromatic carbocycles. The quantitative estimate of drug-likeness (QED) is 0.780. The Hall–Kier alpha value is -0.810. The van der Waals surface area contributed by atoms with E-state index in [0.717, 1.165) is 19.4 Å². The number of fused-ring (bicyclic) bond motifs is 2. The van der Waals surface area contributed by atoms with Crippen molar-refractivity contribution in [1.82, 2.24) is 10.2 Å². The highest BCUT2D eigenvalue weighted by Gasteiger charge is 2.58. The number of amides is 1. The Morgan fingerprint density at radius 3 is 2.58 bits per heavy atom. The largest absolute Gasteiger partial charge is 0.444 e. The van der Waals surface area contributed by atoms with Crippen LogP contribution < -0.4 is 5.32 Å². The molecule has 108 valence electrons. The normalized spacial score (nSPS) is 40.6. The van der Waals surface area contributed by atoms with Crippen LogP contribution >= 0.6 is 0 Å². The molecule has 0 aromatic rings. The number of piperidine rings is 2. The van der Waals surface area contributed by atoms with E-state index in [1.807, 2.05) is 25.7 Å². The van der Waals surface area contributed by atoms with E-state index in [-0.39, 0.29) is 30.3 Å². The summed E-state index contributed by atoms with van der Waals surface area (Å²) in [4.78, 5) is 14.4. The molecule has 5 nitrogen and oxygen atoms in total. The van der Waals surface area contributed by atoms with Crippen molar-refractivity contribution in [2.45, 2.75) is 63.4 Å². The first-order chi connectivity index (χ1) is 8.90. The number of nitrogens with one attached hydrogen (secondary N) is 1. The van der Waals surface area contributed by atoms with E-state index in [4.69, 9.17) is 9.47 Å². The average Bonchev–Trinajstić information content (AvgIpc) is 2.41. The number of rotatable bonds is 1. The fraction of sp³-hybridized carbons (Fsp3) is 0.929. The van der Waals surface area contributed by atoms with Gasteiger partial charge in [0.15, 0.2) is 0 Å². The lowest BCUT2D eigenvalue weighted by molar-refractivity contribution is -0.0105.